The Kier molecular flexibility index (Phi) is 4.85. The summed E-state index contributed by atoms with van der Waals surface area (Å²) in [7, 11) is 0. The van der Waals surface area contributed by atoms with E-state index in [0.29, 0.717) is 12.7 Å². The summed E-state index contributed by atoms with van der Waals surface area (Å²) in [4.78, 5) is 0. The molecule has 1 atom stereocenters. The fraction of sp³-hybridized carbons (Fsp3) is 1.00. The molecule has 3 heteroatoms. The molecule has 0 aromatic carbocycles. The van der Waals surface area contributed by atoms with Crippen LogP contribution in [0.1, 0.15) is 45.4 Å². The van der Waals surface area contributed by atoms with Crippen molar-refractivity contribution in [2.24, 2.45) is 5.73 Å². The average molecular weight is 201 g/mol. The molecule has 1 aliphatic carbocycles. The first-order valence-corrected chi connectivity index (χ1v) is 5.68. The molecule has 3 nitrogen and oxygen atoms in total. The van der Waals surface area contributed by atoms with Crippen LogP contribution in [0, 0.1) is 0 Å². The van der Waals surface area contributed by atoms with Gasteiger partial charge < -0.3 is 15.6 Å². The van der Waals surface area contributed by atoms with E-state index in [4.69, 9.17) is 10.5 Å². The van der Waals surface area contributed by atoms with Gasteiger partial charge in [-0.05, 0) is 19.8 Å². The number of hydrogen-bond acceptors (Lipinski definition) is 3. The van der Waals surface area contributed by atoms with Gasteiger partial charge in [0.2, 0.25) is 0 Å². The van der Waals surface area contributed by atoms with Gasteiger partial charge in [-0.2, -0.15) is 0 Å². The molecular weight excluding hydrogens is 178 g/mol. The maximum absolute atomic E-state index is 9.67. The average Bonchev–Trinajstić information content (AvgIpc) is 2.43. The van der Waals surface area contributed by atoms with Crippen molar-refractivity contribution in [1.29, 1.82) is 0 Å². The van der Waals surface area contributed by atoms with Crippen LogP contribution >= 0.6 is 0 Å². The van der Waals surface area contributed by atoms with E-state index < -0.39 is 5.60 Å². The Bertz CT molecular complexity index is 151. The van der Waals surface area contributed by atoms with Crippen molar-refractivity contribution in [2.75, 3.05) is 13.2 Å². The first-order chi connectivity index (χ1) is 6.64. The molecule has 0 bridgehead atoms. The summed E-state index contributed by atoms with van der Waals surface area (Å²) in [5, 5.41) is 9.67. The molecule has 0 aliphatic heterocycles. The van der Waals surface area contributed by atoms with Gasteiger partial charge in [-0.1, -0.05) is 25.7 Å². The number of rotatable bonds is 4. The van der Waals surface area contributed by atoms with Crippen LogP contribution in [0.5, 0.6) is 0 Å². The van der Waals surface area contributed by atoms with Crippen LogP contribution in [-0.4, -0.2) is 30.0 Å². The van der Waals surface area contributed by atoms with Gasteiger partial charge in [0.05, 0.1) is 18.3 Å². The third-order valence-electron chi connectivity index (χ3n) is 2.87. The van der Waals surface area contributed by atoms with E-state index in [2.05, 4.69) is 0 Å². The van der Waals surface area contributed by atoms with Crippen LogP contribution in [0.3, 0.4) is 0 Å². The first-order valence-electron chi connectivity index (χ1n) is 5.68. The zero-order valence-corrected chi connectivity index (χ0v) is 9.17. The van der Waals surface area contributed by atoms with Crippen molar-refractivity contribution in [3.05, 3.63) is 0 Å². The van der Waals surface area contributed by atoms with Gasteiger partial charge in [-0.3, -0.25) is 0 Å². The fourth-order valence-corrected chi connectivity index (χ4v) is 1.76. The van der Waals surface area contributed by atoms with Gasteiger partial charge in [0, 0.05) is 6.54 Å². The molecule has 14 heavy (non-hydrogen) atoms. The third kappa shape index (κ3) is 4.40. The van der Waals surface area contributed by atoms with E-state index in [1.165, 1.54) is 25.7 Å². The van der Waals surface area contributed by atoms with E-state index in [9.17, 15) is 5.11 Å². The van der Waals surface area contributed by atoms with E-state index in [1.54, 1.807) is 6.92 Å². The van der Waals surface area contributed by atoms with Crippen LogP contribution in [0.15, 0.2) is 0 Å². The predicted octanol–water partition coefficient (Wildman–Crippen LogP) is 1.44. The van der Waals surface area contributed by atoms with Crippen molar-refractivity contribution >= 4 is 0 Å². The lowest BCUT2D eigenvalue weighted by Gasteiger charge is -2.24. The Morgan fingerprint density at radius 1 is 1.29 bits per heavy atom. The molecule has 1 unspecified atom stereocenters. The molecule has 0 saturated heterocycles. The Balaban J connectivity index is 2.22. The second-order valence-corrected chi connectivity index (χ2v) is 4.63. The summed E-state index contributed by atoms with van der Waals surface area (Å²) < 4.78 is 5.69. The van der Waals surface area contributed by atoms with Gasteiger partial charge in [0.15, 0.2) is 0 Å². The Morgan fingerprint density at radius 2 is 1.86 bits per heavy atom. The molecule has 1 aliphatic rings. The van der Waals surface area contributed by atoms with Crippen LogP contribution in [0.2, 0.25) is 0 Å². The fourth-order valence-electron chi connectivity index (χ4n) is 1.76. The number of ether oxygens (including phenoxy) is 1. The lowest BCUT2D eigenvalue weighted by Crippen LogP contribution is -2.40. The van der Waals surface area contributed by atoms with Crippen molar-refractivity contribution in [3.8, 4) is 0 Å². The van der Waals surface area contributed by atoms with E-state index >= 15 is 0 Å². The standard InChI is InChI=1S/C11H23NO2/c1-11(13,8-12)9-14-10-6-4-2-3-5-7-10/h10,13H,2-9,12H2,1H3. The number of aliphatic hydroxyl groups is 1. The second kappa shape index (κ2) is 5.69. The van der Waals surface area contributed by atoms with Gasteiger partial charge in [-0.15, -0.1) is 0 Å². The quantitative estimate of drug-likeness (QED) is 0.677. The molecule has 1 rings (SSSR count). The van der Waals surface area contributed by atoms with Crippen molar-refractivity contribution in [1.82, 2.24) is 0 Å². The second-order valence-electron chi connectivity index (χ2n) is 4.63. The van der Waals surface area contributed by atoms with Crippen LogP contribution in [-0.2, 0) is 4.74 Å². The van der Waals surface area contributed by atoms with E-state index in [-0.39, 0.29) is 6.54 Å². The molecule has 0 aromatic rings. The van der Waals surface area contributed by atoms with E-state index in [0.717, 1.165) is 12.8 Å². The molecule has 0 heterocycles. The summed E-state index contributed by atoms with van der Waals surface area (Å²) in [6.07, 6.45) is 7.79. The molecule has 0 radical (unpaired) electrons. The predicted molar refractivity (Wildman–Crippen MR) is 57.1 cm³/mol. The van der Waals surface area contributed by atoms with Gasteiger partial charge in [0.1, 0.15) is 0 Å². The number of hydrogen-bond donors (Lipinski definition) is 2. The maximum Gasteiger partial charge on any atom is 0.0973 e. The topological polar surface area (TPSA) is 55.5 Å². The SMILES string of the molecule is CC(O)(CN)COC1CCCCCC1. The van der Waals surface area contributed by atoms with Crippen molar-refractivity contribution < 1.29 is 9.84 Å². The minimum atomic E-state index is -0.855. The Hall–Kier alpha value is -0.120. The highest BCUT2D eigenvalue weighted by atomic mass is 16.5. The van der Waals surface area contributed by atoms with Crippen LogP contribution in [0.25, 0.3) is 0 Å². The zero-order chi connectivity index (χ0) is 10.4. The number of nitrogens with two attached hydrogens (primary N) is 1. The molecule has 1 saturated carbocycles. The summed E-state index contributed by atoms with van der Waals surface area (Å²) in [6.45, 7) is 2.36. The lowest BCUT2D eigenvalue weighted by atomic mass is 10.1. The Morgan fingerprint density at radius 3 is 2.36 bits per heavy atom. The molecule has 3 N–H and O–H groups in total. The zero-order valence-electron chi connectivity index (χ0n) is 9.17. The smallest absolute Gasteiger partial charge is 0.0973 e. The Labute approximate surface area is 86.6 Å². The molecular formula is C11H23NO2. The third-order valence-corrected chi connectivity index (χ3v) is 2.87. The van der Waals surface area contributed by atoms with Crippen molar-refractivity contribution in [3.63, 3.8) is 0 Å². The minimum Gasteiger partial charge on any atom is -0.386 e. The highest BCUT2D eigenvalue weighted by molar-refractivity contribution is 4.74. The highest BCUT2D eigenvalue weighted by Crippen LogP contribution is 2.20. The van der Waals surface area contributed by atoms with Gasteiger partial charge >= 0.3 is 0 Å². The molecule has 0 amide bonds. The molecule has 0 spiro atoms. The van der Waals surface area contributed by atoms with E-state index in [1.807, 2.05) is 0 Å². The normalized spacial score (nSPS) is 24.2. The van der Waals surface area contributed by atoms with Gasteiger partial charge in [-0.25, -0.2) is 0 Å². The highest BCUT2D eigenvalue weighted by Gasteiger charge is 2.21. The maximum atomic E-state index is 9.67. The monoisotopic (exact) mass is 201 g/mol. The molecule has 0 aromatic heterocycles. The summed E-state index contributed by atoms with van der Waals surface area (Å²) in [5.41, 5.74) is 4.57. The summed E-state index contributed by atoms with van der Waals surface area (Å²) in [5.74, 6) is 0. The lowest BCUT2D eigenvalue weighted by molar-refractivity contribution is -0.0613. The minimum absolute atomic E-state index is 0.264. The molecule has 1 fully saturated rings. The molecule has 84 valence electrons. The largest absolute Gasteiger partial charge is 0.386 e. The van der Waals surface area contributed by atoms with Crippen LogP contribution < -0.4 is 5.73 Å². The summed E-state index contributed by atoms with van der Waals surface area (Å²) >= 11 is 0. The van der Waals surface area contributed by atoms with Crippen molar-refractivity contribution in [2.45, 2.75) is 57.2 Å². The summed E-state index contributed by atoms with van der Waals surface area (Å²) in [6, 6.07) is 0. The van der Waals surface area contributed by atoms with Crippen LogP contribution in [0.4, 0.5) is 0 Å². The first kappa shape index (κ1) is 12.0. The van der Waals surface area contributed by atoms with Gasteiger partial charge in [0.25, 0.3) is 0 Å².